The summed E-state index contributed by atoms with van der Waals surface area (Å²) in [6, 6.07) is 13.6. The predicted octanol–water partition coefficient (Wildman–Crippen LogP) is 0.338. The van der Waals surface area contributed by atoms with Crippen LogP contribution < -0.4 is 24.8 Å². The molecule has 0 aliphatic heterocycles. The van der Waals surface area contributed by atoms with E-state index in [4.69, 9.17) is 0 Å². The molecule has 0 saturated carbocycles. The van der Waals surface area contributed by atoms with E-state index in [2.05, 4.69) is 77.9 Å². The van der Waals surface area contributed by atoms with Crippen molar-refractivity contribution in [2.45, 2.75) is 67.2 Å². The van der Waals surface area contributed by atoms with Crippen molar-refractivity contribution in [3.8, 4) is 0 Å². The molecule has 3 heteroatoms. The Labute approximate surface area is 187 Å². The fourth-order valence-electron chi connectivity index (χ4n) is 2.73. The minimum atomic E-state index is 0. The van der Waals surface area contributed by atoms with Crippen LogP contribution in [0.25, 0.3) is 0 Å². The molecule has 25 heavy (non-hydrogen) atoms. The average molecular weight is 461 g/mol. The molecule has 0 aliphatic rings. The molecule has 0 aliphatic carbocycles. The molecular weight excluding hydrogens is 426 g/mol. The summed E-state index contributed by atoms with van der Waals surface area (Å²) in [6.45, 7) is 13.5. The number of hydrogen-bond donors (Lipinski definition) is 0. The van der Waals surface area contributed by atoms with Crippen molar-refractivity contribution in [2.24, 2.45) is 11.8 Å². The van der Waals surface area contributed by atoms with Crippen LogP contribution in [0.1, 0.15) is 63.8 Å². The van der Waals surface area contributed by atoms with E-state index in [-0.39, 0.29) is 51.0 Å². The Morgan fingerprint density at radius 1 is 0.720 bits per heavy atom. The second-order valence-electron chi connectivity index (χ2n) is 7.16. The fourth-order valence-corrected chi connectivity index (χ4v) is 2.73. The monoisotopic (exact) mass is 458 g/mol. The summed E-state index contributed by atoms with van der Waals surface area (Å²) in [4.78, 5) is 0. The first-order valence-electron chi connectivity index (χ1n) is 8.93. The summed E-state index contributed by atoms with van der Waals surface area (Å²) < 4.78 is 0. The summed E-state index contributed by atoms with van der Waals surface area (Å²) in [5, 5.41) is 0. The van der Waals surface area contributed by atoms with Crippen LogP contribution in [0.3, 0.4) is 0 Å². The summed E-state index contributed by atoms with van der Waals surface area (Å²) in [5.74, 6) is 1.56. The Morgan fingerprint density at radius 2 is 1.04 bits per heavy atom. The quantitative estimate of drug-likeness (QED) is 0.546. The van der Waals surface area contributed by atoms with Gasteiger partial charge in [0.15, 0.2) is 0 Å². The molecule has 0 fully saturated rings. The van der Waals surface area contributed by atoms with Crippen molar-refractivity contribution in [3.63, 3.8) is 0 Å². The van der Waals surface area contributed by atoms with Gasteiger partial charge < -0.3 is 24.8 Å². The maximum atomic E-state index is 2.32. The zero-order valence-electron chi connectivity index (χ0n) is 16.7. The van der Waals surface area contributed by atoms with Gasteiger partial charge in [-0.3, -0.25) is 0 Å². The predicted molar refractivity (Wildman–Crippen MR) is 99.9 cm³/mol. The number of aryl methyl sites for hydroxylation is 2. The van der Waals surface area contributed by atoms with Crippen molar-refractivity contribution in [1.82, 2.24) is 0 Å². The molecule has 0 unspecified atom stereocenters. The van der Waals surface area contributed by atoms with Crippen LogP contribution in [0.2, 0.25) is 0 Å². The van der Waals surface area contributed by atoms with Crippen molar-refractivity contribution in [2.75, 3.05) is 0 Å². The molecule has 2 aromatic carbocycles. The van der Waals surface area contributed by atoms with Gasteiger partial charge in [0.1, 0.15) is 0 Å². The molecule has 0 N–H and O–H groups in total. The van der Waals surface area contributed by atoms with E-state index >= 15 is 0 Å². The molecule has 2 aromatic rings. The van der Waals surface area contributed by atoms with Crippen molar-refractivity contribution >= 4 is 0 Å². The van der Waals surface area contributed by atoms with Gasteiger partial charge in [-0.1, -0.05) is 79.1 Å². The van der Waals surface area contributed by atoms with Gasteiger partial charge in [0.2, 0.25) is 0 Å². The largest absolute Gasteiger partial charge is 4.00 e. The van der Waals surface area contributed by atoms with E-state index in [1.165, 1.54) is 35.1 Å². The van der Waals surface area contributed by atoms with Gasteiger partial charge in [0.05, 0.1) is 0 Å². The van der Waals surface area contributed by atoms with Crippen molar-refractivity contribution in [3.05, 3.63) is 58.7 Å². The Morgan fingerprint density at radius 3 is 1.24 bits per heavy atom. The number of halogens is 2. The van der Waals surface area contributed by atoms with Crippen LogP contribution in [0.5, 0.6) is 0 Å². The number of hydrogen-bond acceptors (Lipinski definition) is 0. The summed E-state index contributed by atoms with van der Waals surface area (Å²) in [7, 11) is 0. The zero-order chi connectivity index (χ0) is 16.5. The minimum absolute atomic E-state index is 0. The standard InChI is InChI=1S/2C11H17.2ClH.Zr/c2*1-4-10-5-6-11(8-10)7-9(2)3;;;/h2*5-6,8-9H,4,7H2,1-3H3;2*1H;/q2*-1;;;+4/p-2. The topological polar surface area (TPSA) is 0 Å². The van der Waals surface area contributed by atoms with Crippen molar-refractivity contribution < 1.29 is 51.0 Å². The Bertz CT molecular complexity index is 475. The summed E-state index contributed by atoms with van der Waals surface area (Å²) in [5.41, 5.74) is 5.94. The molecule has 0 bridgehead atoms. The third-order valence-corrected chi connectivity index (χ3v) is 3.87. The van der Waals surface area contributed by atoms with Crippen LogP contribution in [0.4, 0.5) is 0 Å². The molecule has 0 atom stereocenters. The first-order valence-corrected chi connectivity index (χ1v) is 8.93. The van der Waals surface area contributed by atoms with Gasteiger partial charge in [-0.15, -0.1) is 0 Å². The van der Waals surface area contributed by atoms with Gasteiger partial charge in [-0.25, -0.2) is 12.1 Å². The van der Waals surface area contributed by atoms with Crippen LogP contribution in [0.15, 0.2) is 36.4 Å². The normalized spacial score (nSPS) is 9.60. The molecule has 0 amide bonds. The van der Waals surface area contributed by atoms with Crippen LogP contribution in [-0.4, -0.2) is 0 Å². The van der Waals surface area contributed by atoms with Crippen LogP contribution in [0, 0.1) is 11.8 Å². The molecule has 0 aromatic heterocycles. The molecular formula is C22H34Cl2Zr. The second-order valence-corrected chi connectivity index (χ2v) is 7.16. The molecule has 0 spiro atoms. The maximum Gasteiger partial charge on any atom is 4.00 e. The Balaban J connectivity index is -0.000000346. The summed E-state index contributed by atoms with van der Waals surface area (Å²) in [6.07, 6.45) is 4.77. The van der Waals surface area contributed by atoms with E-state index < -0.39 is 0 Å². The fraction of sp³-hybridized carbons (Fsp3) is 0.545. The minimum Gasteiger partial charge on any atom is -1.00 e. The molecule has 2 rings (SSSR count). The molecule has 0 saturated heterocycles. The molecule has 140 valence electrons. The first kappa shape index (κ1) is 29.9. The van der Waals surface area contributed by atoms with Gasteiger partial charge in [-0.05, 0) is 0 Å². The molecule has 0 nitrogen and oxygen atoms in total. The van der Waals surface area contributed by atoms with E-state index in [9.17, 15) is 0 Å². The third-order valence-electron chi connectivity index (χ3n) is 3.87. The van der Waals surface area contributed by atoms with Gasteiger partial charge in [0, 0.05) is 0 Å². The Kier molecular flexibility index (Phi) is 19.6. The number of rotatable bonds is 6. The first-order chi connectivity index (χ1) is 10.4. The third kappa shape index (κ3) is 13.0. The summed E-state index contributed by atoms with van der Waals surface area (Å²) >= 11 is 0. The smallest absolute Gasteiger partial charge is 1.00 e. The van der Waals surface area contributed by atoms with Crippen LogP contribution >= 0.6 is 0 Å². The van der Waals surface area contributed by atoms with Gasteiger partial charge in [0.25, 0.3) is 0 Å². The molecule has 0 radical (unpaired) electrons. The maximum absolute atomic E-state index is 2.32. The Hall–Kier alpha value is 0.163. The second kappa shape index (κ2) is 16.3. The van der Waals surface area contributed by atoms with E-state index in [1.54, 1.807) is 0 Å². The van der Waals surface area contributed by atoms with Crippen LogP contribution in [-0.2, 0) is 51.9 Å². The van der Waals surface area contributed by atoms with E-state index in [1.807, 2.05) is 0 Å². The van der Waals surface area contributed by atoms with Gasteiger partial charge in [-0.2, -0.15) is 46.5 Å². The SMILES string of the molecule is CCc1cc[c-](CC(C)C)c1.CCc1cc[c-](CC(C)C)c1.[Cl-].[Cl-].[Zr+4]. The van der Waals surface area contributed by atoms with E-state index in [0.717, 1.165) is 24.7 Å². The zero-order valence-corrected chi connectivity index (χ0v) is 20.7. The van der Waals surface area contributed by atoms with Crippen molar-refractivity contribution in [1.29, 1.82) is 0 Å². The molecule has 0 heterocycles. The average Bonchev–Trinajstić information content (AvgIpc) is 3.07. The van der Waals surface area contributed by atoms with Gasteiger partial charge >= 0.3 is 26.2 Å². The van der Waals surface area contributed by atoms with E-state index in [0.29, 0.717) is 0 Å².